The minimum Gasteiger partial charge on any atom is -0.348 e. The minimum absolute atomic E-state index is 0.0264. The van der Waals surface area contributed by atoms with E-state index in [1.54, 1.807) is 0 Å². The van der Waals surface area contributed by atoms with Gasteiger partial charge in [-0.25, -0.2) is 0 Å². The van der Waals surface area contributed by atoms with Crippen molar-refractivity contribution in [2.75, 3.05) is 0 Å². The van der Waals surface area contributed by atoms with Crippen LogP contribution in [0, 0.1) is 5.41 Å². The Morgan fingerprint density at radius 3 is 2.43 bits per heavy atom. The molecule has 1 amide bonds. The van der Waals surface area contributed by atoms with Crippen LogP contribution in [-0.4, -0.2) is 5.91 Å². The first-order valence-electron chi connectivity index (χ1n) is 5.19. The van der Waals surface area contributed by atoms with Crippen LogP contribution in [0.25, 0.3) is 0 Å². The molecule has 1 spiro atoms. The van der Waals surface area contributed by atoms with Crippen molar-refractivity contribution >= 4 is 5.91 Å². The molecule has 0 bridgehead atoms. The van der Waals surface area contributed by atoms with Crippen molar-refractivity contribution in [1.82, 2.24) is 5.32 Å². The lowest BCUT2D eigenvalue weighted by Gasteiger charge is -2.54. The molecule has 72 valence electrons. The maximum atomic E-state index is 11.5. The molecule has 1 saturated carbocycles. The third kappa shape index (κ3) is 0.834. The predicted octanol–water partition coefficient (Wildman–Crippen LogP) is 2.03. The Balaban J connectivity index is 1.91. The summed E-state index contributed by atoms with van der Waals surface area (Å²) in [5.74, 6) is 0.262. The predicted molar refractivity (Wildman–Crippen MR) is 53.6 cm³/mol. The Labute approximate surface area is 83.3 Å². The number of carbonyl (C=O) groups is 1. The number of carbonyl (C=O) groups excluding carboxylic acids is 1. The molecule has 2 nitrogen and oxygen atoms in total. The van der Waals surface area contributed by atoms with Crippen LogP contribution in [0.2, 0.25) is 0 Å². The number of β-lactam (4-membered cyclic amide) rings is 1. The van der Waals surface area contributed by atoms with Gasteiger partial charge in [0, 0.05) is 0 Å². The van der Waals surface area contributed by atoms with Crippen LogP contribution >= 0.6 is 0 Å². The molecule has 14 heavy (non-hydrogen) atoms. The van der Waals surface area contributed by atoms with Crippen molar-refractivity contribution in [1.29, 1.82) is 0 Å². The Hall–Kier alpha value is -1.31. The zero-order valence-electron chi connectivity index (χ0n) is 7.99. The Kier molecular flexibility index (Phi) is 1.49. The van der Waals surface area contributed by atoms with E-state index in [1.807, 2.05) is 18.2 Å². The zero-order valence-corrected chi connectivity index (χ0v) is 7.99. The largest absolute Gasteiger partial charge is 0.348 e. The first kappa shape index (κ1) is 8.04. The van der Waals surface area contributed by atoms with Crippen molar-refractivity contribution in [3.63, 3.8) is 0 Å². The number of hydrogen-bond acceptors (Lipinski definition) is 1. The summed E-state index contributed by atoms with van der Waals surface area (Å²) in [7, 11) is 0. The summed E-state index contributed by atoms with van der Waals surface area (Å²) < 4.78 is 0. The number of benzene rings is 1. The van der Waals surface area contributed by atoms with E-state index in [4.69, 9.17) is 0 Å². The van der Waals surface area contributed by atoms with Gasteiger partial charge in [0.25, 0.3) is 0 Å². The second-order valence-corrected chi connectivity index (χ2v) is 4.33. The average molecular weight is 187 g/mol. The number of hydrogen-bond donors (Lipinski definition) is 1. The van der Waals surface area contributed by atoms with Crippen LogP contribution in [0.1, 0.15) is 30.9 Å². The molecule has 1 atom stereocenters. The van der Waals surface area contributed by atoms with Crippen LogP contribution in [0.3, 0.4) is 0 Å². The molecule has 3 rings (SSSR count). The van der Waals surface area contributed by atoms with Crippen molar-refractivity contribution < 1.29 is 4.79 Å². The summed E-state index contributed by atoms with van der Waals surface area (Å²) in [6, 6.07) is 10.6. The van der Waals surface area contributed by atoms with Gasteiger partial charge in [-0.15, -0.1) is 0 Å². The van der Waals surface area contributed by atoms with Crippen molar-refractivity contribution in [3.8, 4) is 0 Å². The van der Waals surface area contributed by atoms with Gasteiger partial charge in [-0.05, 0) is 18.4 Å². The molecule has 1 N–H and O–H groups in total. The van der Waals surface area contributed by atoms with E-state index in [2.05, 4.69) is 17.4 Å². The topological polar surface area (TPSA) is 29.1 Å². The third-order valence-corrected chi connectivity index (χ3v) is 3.66. The van der Waals surface area contributed by atoms with Crippen LogP contribution in [-0.2, 0) is 4.79 Å². The standard InChI is InChI=1S/C12H13NO/c14-11-12(7-4-8-12)10(13-11)9-5-2-1-3-6-9/h1-3,5-6,10H,4,7-8H2,(H,13,14)/t10-/m0/s1. The van der Waals surface area contributed by atoms with Gasteiger partial charge < -0.3 is 5.32 Å². The fourth-order valence-electron chi connectivity index (χ4n) is 2.59. The van der Waals surface area contributed by atoms with E-state index in [1.165, 1.54) is 12.0 Å². The summed E-state index contributed by atoms with van der Waals surface area (Å²) in [5, 5.41) is 3.01. The van der Waals surface area contributed by atoms with Gasteiger partial charge in [0.1, 0.15) is 0 Å². The molecular weight excluding hydrogens is 174 g/mol. The normalized spacial score (nSPS) is 27.7. The lowest BCUT2D eigenvalue weighted by Crippen LogP contribution is -2.64. The van der Waals surface area contributed by atoms with Gasteiger partial charge in [0.15, 0.2) is 0 Å². The molecule has 0 unspecified atom stereocenters. The van der Waals surface area contributed by atoms with E-state index >= 15 is 0 Å². The second-order valence-electron chi connectivity index (χ2n) is 4.33. The maximum Gasteiger partial charge on any atom is 0.229 e. The van der Waals surface area contributed by atoms with Crippen molar-refractivity contribution in [2.24, 2.45) is 5.41 Å². The smallest absolute Gasteiger partial charge is 0.229 e. The molecule has 0 aromatic heterocycles. The number of nitrogens with one attached hydrogen (secondary N) is 1. The summed E-state index contributed by atoms with van der Waals surface area (Å²) in [5.41, 5.74) is 1.23. The molecular formula is C12H13NO. The van der Waals surface area contributed by atoms with E-state index in [9.17, 15) is 4.79 Å². The van der Waals surface area contributed by atoms with Gasteiger partial charge in [0.05, 0.1) is 11.5 Å². The molecule has 1 aliphatic heterocycles. The molecule has 2 fully saturated rings. The SMILES string of the molecule is O=C1N[C@@H](c2ccccc2)C12CCC2. The third-order valence-electron chi connectivity index (χ3n) is 3.66. The molecule has 1 aromatic rings. The second kappa shape index (κ2) is 2.59. The van der Waals surface area contributed by atoms with E-state index < -0.39 is 0 Å². The molecule has 2 heteroatoms. The highest BCUT2D eigenvalue weighted by Crippen LogP contribution is 2.55. The Morgan fingerprint density at radius 2 is 1.93 bits per heavy atom. The maximum absolute atomic E-state index is 11.5. The highest BCUT2D eigenvalue weighted by molar-refractivity contribution is 5.91. The van der Waals surface area contributed by atoms with Crippen molar-refractivity contribution in [3.05, 3.63) is 35.9 Å². The number of amides is 1. The van der Waals surface area contributed by atoms with Gasteiger partial charge in [0.2, 0.25) is 5.91 Å². The van der Waals surface area contributed by atoms with Crippen molar-refractivity contribution in [2.45, 2.75) is 25.3 Å². The Bertz CT molecular complexity index is 367. The van der Waals surface area contributed by atoms with Gasteiger partial charge in [-0.3, -0.25) is 4.79 Å². The summed E-state index contributed by atoms with van der Waals surface area (Å²) in [6.45, 7) is 0. The van der Waals surface area contributed by atoms with Gasteiger partial charge in [-0.1, -0.05) is 36.8 Å². The Morgan fingerprint density at radius 1 is 1.21 bits per heavy atom. The quantitative estimate of drug-likeness (QED) is 0.670. The fraction of sp³-hybridized carbons (Fsp3) is 0.417. The highest BCUT2D eigenvalue weighted by Gasteiger charge is 2.58. The lowest BCUT2D eigenvalue weighted by molar-refractivity contribution is -0.155. The first-order chi connectivity index (χ1) is 6.83. The van der Waals surface area contributed by atoms with E-state index in [0.717, 1.165) is 12.8 Å². The average Bonchev–Trinajstić information content (AvgIpc) is 2.13. The van der Waals surface area contributed by atoms with Crippen LogP contribution in [0.15, 0.2) is 30.3 Å². The lowest BCUT2D eigenvalue weighted by atomic mass is 9.57. The molecule has 1 aliphatic carbocycles. The first-order valence-corrected chi connectivity index (χ1v) is 5.19. The van der Waals surface area contributed by atoms with E-state index in [-0.39, 0.29) is 17.4 Å². The highest BCUT2D eigenvalue weighted by atomic mass is 16.2. The fourth-order valence-corrected chi connectivity index (χ4v) is 2.59. The monoisotopic (exact) mass is 187 g/mol. The summed E-state index contributed by atoms with van der Waals surface area (Å²) in [6.07, 6.45) is 3.34. The molecule has 0 radical (unpaired) electrons. The van der Waals surface area contributed by atoms with E-state index in [0.29, 0.717) is 0 Å². The van der Waals surface area contributed by atoms with Crippen LogP contribution < -0.4 is 5.32 Å². The molecule has 1 saturated heterocycles. The minimum atomic E-state index is -0.0264. The molecule has 1 heterocycles. The summed E-state index contributed by atoms with van der Waals surface area (Å²) >= 11 is 0. The zero-order chi connectivity index (χ0) is 9.60. The van der Waals surface area contributed by atoms with Gasteiger partial charge >= 0.3 is 0 Å². The molecule has 1 aromatic carbocycles. The molecule has 2 aliphatic rings. The van der Waals surface area contributed by atoms with Crippen LogP contribution in [0.5, 0.6) is 0 Å². The van der Waals surface area contributed by atoms with Gasteiger partial charge in [-0.2, -0.15) is 0 Å². The summed E-state index contributed by atoms with van der Waals surface area (Å²) in [4.78, 5) is 11.5. The van der Waals surface area contributed by atoms with Crippen LogP contribution in [0.4, 0.5) is 0 Å². The number of rotatable bonds is 1.